The second kappa shape index (κ2) is 6.30. The number of halogens is 3. The number of urea groups is 1. The predicted molar refractivity (Wildman–Crippen MR) is 69.6 cm³/mol. The van der Waals surface area contributed by atoms with Crippen LogP contribution in [-0.2, 0) is 0 Å². The van der Waals surface area contributed by atoms with E-state index in [-0.39, 0.29) is 25.9 Å². The topological polar surface area (TPSA) is 65.5 Å². The van der Waals surface area contributed by atoms with Crippen LogP contribution in [0.2, 0.25) is 0 Å². The molecule has 1 aliphatic heterocycles. The van der Waals surface area contributed by atoms with Crippen LogP contribution in [0.4, 0.5) is 23.8 Å². The molecule has 0 aliphatic carbocycles. The number of hydrogen-bond donors (Lipinski definition) is 2. The van der Waals surface area contributed by atoms with Gasteiger partial charge in [-0.2, -0.15) is 13.2 Å². The second-order valence-corrected chi connectivity index (χ2v) is 4.96. The van der Waals surface area contributed by atoms with Crippen molar-refractivity contribution in [1.82, 2.24) is 9.88 Å². The van der Waals surface area contributed by atoms with Gasteiger partial charge in [-0.15, -0.1) is 0 Å². The van der Waals surface area contributed by atoms with E-state index in [1.165, 1.54) is 11.1 Å². The van der Waals surface area contributed by atoms with E-state index in [0.717, 1.165) is 0 Å². The van der Waals surface area contributed by atoms with Crippen molar-refractivity contribution in [2.24, 2.45) is 5.92 Å². The van der Waals surface area contributed by atoms with Crippen molar-refractivity contribution >= 4 is 11.8 Å². The summed E-state index contributed by atoms with van der Waals surface area (Å²) < 4.78 is 37.3. The zero-order valence-electron chi connectivity index (χ0n) is 11.2. The summed E-state index contributed by atoms with van der Waals surface area (Å²) in [6.45, 7) is 0.354. The van der Waals surface area contributed by atoms with Crippen LogP contribution in [0.25, 0.3) is 0 Å². The first-order valence-electron chi connectivity index (χ1n) is 6.59. The number of amides is 2. The molecular weight excluding hydrogens is 287 g/mol. The predicted octanol–water partition coefficient (Wildman–Crippen LogP) is 2.25. The Kier molecular flexibility index (Phi) is 4.66. The number of carbonyl (C=O) groups excluding carboxylic acids is 1. The number of rotatable bonds is 2. The number of anilines is 1. The van der Waals surface area contributed by atoms with Crippen LogP contribution in [0, 0.1) is 5.92 Å². The van der Waals surface area contributed by atoms with Crippen LogP contribution in [0.5, 0.6) is 0 Å². The summed E-state index contributed by atoms with van der Waals surface area (Å²) in [6, 6.07) is 4.65. The first-order chi connectivity index (χ1) is 9.88. The molecule has 8 heteroatoms. The smallest absolute Gasteiger partial charge is 0.383 e. The first-order valence-corrected chi connectivity index (χ1v) is 6.59. The van der Waals surface area contributed by atoms with E-state index in [0.29, 0.717) is 5.82 Å². The largest absolute Gasteiger partial charge is 0.414 e. The van der Waals surface area contributed by atoms with Gasteiger partial charge in [0.05, 0.1) is 0 Å². The third-order valence-electron chi connectivity index (χ3n) is 3.51. The van der Waals surface area contributed by atoms with E-state index >= 15 is 0 Å². The molecular formula is C13H16F3N3O2. The Bertz CT molecular complexity index is 473. The molecule has 0 unspecified atom stereocenters. The van der Waals surface area contributed by atoms with Gasteiger partial charge in [-0.3, -0.25) is 5.32 Å². The maximum atomic E-state index is 12.4. The monoisotopic (exact) mass is 303 g/mol. The molecule has 0 aromatic carbocycles. The van der Waals surface area contributed by atoms with Crippen LogP contribution < -0.4 is 5.32 Å². The molecule has 1 aliphatic rings. The average molecular weight is 303 g/mol. The number of nitrogens with one attached hydrogen (secondary N) is 1. The molecule has 21 heavy (non-hydrogen) atoms. The number of aromatic nitrogens is 1. The number of nitrogens with zero attached hydrogens (tertiary/aromatic N) is 2. The van der Waals surface area contributed by atoms with Gasteiger partial charge in [-0.05, 0) is 30.9 Å². The van der Waals surface area contributed by atoms with Crippen molar-refractivity contribution in [2.45, 2.75) is 25.1 Å². The fraction of sp³-hybridized carbons (Fsp3) is 0.538. The fourth-order valence-corrected chi connectivity index (χ4v) is 2.31. The maximum absolute atomic E-state index is 12.4. The lowest BCUT2D eigenvalue weighted by Gasteiger charge is -2.34. The van der Waals surface area contributed by atoms with Crippen LogP contribution in [0.15, 0.2) is 24.4 Å². The van der Waals surface area contributed by atoms with Crippen molar-refractivity contribution < 1.29 is 23.1 Å². The van der Waals surface area contributed by atoms with Gasteiger partial charge >= 0.3 is 12.2 Å². The SMILES string of the molecule is O=C(Nc1ccccn1)N1CCC([C@@H](O)C(F)(F)F)CC1. The average Bonchev–Trinajstić information content (AvgIpc) is 2.46. The van der Waals surface area contributed by atoms with Crippen LogP contribution >= 0.6 is 0 Å². The lowest BCUT2D eigenvalue weighted by Crippen LogP contribution is -2.46. The molecule has 5 nitrogen and oxygen atoms in total. The van der Waals surface area contributed by atoms with E-state index < -0.39 is 24.2 Å². The van der Waals surface area contributed by atoms with E-state index in [1.54, 1.807) is 18.2 Å². The number of piperidine rings is 1. The van der Waals surface area contributed by atoms with E-state index in [1.807, 2.05) is 0 Å². The van der Waals surface area contributed by atoms with Gasteiger partial charge in [0, 0.05) is 19.3 Å². The number of pyridine rings is 1. The fourth-order valence-electron chi connectivity index (χ4n) is 2.31. The van der Waals surface area contributed by atoms with E-state index in [2.05, 4.69) is 10.3 Å². The lowest BCUT2D eigenvalue weighted by molar-refractivity contribution is -0.222. The lowest BCUT2D eigenvalue weighted by atomic mass is 9.91. The molecule has 2 rings (SSSR count). The number of hydrogen-bond acceptors (Lipinski definition) is 3. The van der Waals surface area contributed by atoms with Crippen molar-refractivity contribution in [1.29, 1.82) is 0 Å². The Morgan fingerprint density at radius 1 is 1.38 bits per heavy atom. The van der Waals surface area contributed by atoms with Crippen molar-refractivity contribution in [3.05, 3.63) is 24.4 Å². The van der Waals surface area contributed by atoms with Gasteiger partial charge in [0.2, 0.25) is 0 Å². The minimum absolute atomic E-state index is 0.121. The summed E-state index contributed by atoms with van der Waals surface area (Å²) in [5.41, 5.74) is 0. The normalized spacial score (nSPS) is 18.4. The zero-order valence-corrected chi connectivity index (χ0v) is 11.2. The highest BCUT2D eigenvalue weighted by atomic mass is 19.4. The molecule has 1 fully saturated rings. The minimum Gasteiger partial charge on any atom is -0.383 e. The van der Waals surface area contributed by atoms with E-state index in [4.69, 9.17) is 0 Å². The summed E-state index contributed by atoms with van der Waals surface area (Å²) in [4.78, 5) is 17.3. The Balaban J connectivity index is 1.85. The maximum Gasteiger partial charge on any atom is 0.414 e. The third-order valence-corrected chi connectivity index (χ3v) is 3.51. The Morgan fingerprint density at radius 3 is 2.57 bits per heavy atom. The quantitative estimate of drug-likeness (QED) is 0.880. The molecule has 116 valence electrons. The third kappa shape index (κ3) is 4.07. The number of likely N-dealkylation sites (tertiary alicyclic amines) is 1. The molecule has 2 amide bonds. The molecule has 1 saturated heterocycles. The van der Waals surface area contributed by atoms with Crippen LogP contribution in [0.3, 0.4) is 0 Å². The van der Waals surface area contributed by atoms with Gasteiger partial charge in [0.25, 0.3) is 0 Å². The Morgan fingerprint density at radius 2 is 2.05 bits per heavy atom. The second-order valence-electron chi connectivity index (χ2n) is 4.96. The van der Waals surface area contributed by atoms with Crippen LogP contribution in [0.1, 0.15) is 12.8 Å². The van der Waals surface area contributed by atoms with E-state index in [9.17, 15) is 23.1 Å². The molecule has 0 spiro atoms. The number of aliphatic hydroxyl groups is 1. The molecule has 2 heterocycles. The highest BCUT2D eigenvalue weighted by Gasteiger charge is 2.44. The number of alkyl halides is 3. The van der Waals surface area contributed by atoms with Gasteiger partial charge < -0.3 is 10.0 Å². The van der Waals surface area contributed by atoms with Gasteiger partial charge in [0.1, 0.15) is 5.82 Å². The van der Waals surface area contributed by atoms with Crippen molar-refractivity contribution in [3.8, 4) is 0 Å². The Hall–Kier alpha value is -1.83. The number of carbonyl (C=O) groups is 1. The van der Waals surface area contributed by atoms with Crippen molar-refractivity contribution in [2.75, 3.05) is 18.4 Å². The Labute approximate surface area is 119 Å². The van der Waals surface area contributed by atoms with Gasteiger partial charge in [-0.25, -0.2) is 9.78 Å². The highest BCUT2D eigenvalue weighted by molar-refractivity contribution is 5.88. The molecule has 0 saturated carbocycles. The molecule has 1 atom stereocenters. The summed E-state index contributed by atoms with van der Waals surface area (Å²) in [6.07, 6.45) is -5.16. The first kappa shape index (κ1) is 15.6. The molecule has 1 aromatic rings. The molecule has 1 aromatic heterocycles. The molecule has 2 N–H and O–H groups in total. The summed E-state index contributed by atoms with van der Waals surface area (Å²) in [5, 5.41) is 11.8. The van der Waals surface area contributed by atoms with Gasteiger partial charge in [-0.1, -0.05) is 6.07 Å². The summed E-state index contributed by atoms with van der Waals surface area (Å²) >= 11 is 0. The number of aliphatic hydroxyl groups excluding tert-OH is 1. The molecule has 0 bridgehead atoms. The highest BCUT2D eigenvalue weighted by Crippen LogP contribution is 2.31. The zero-order chi connectivity index (χ0) is 15.5. The summed E-state index contributed by atoms with van der Waals surface area (Å²) in [5.74, 6) is -0.469. The minimum atomic E-state index is -4.61. The summed E-state index contributed by atoms with van der Waals surface area (Å²) in [7, 11) is 0. The van der Waals surface area contributed by atoms with Gasteiger partial charge in [0.15, 0.2) is 6.10 Å². The van der Waals surface area contributed by atoms with Crippen molar-refractivity contribution in [3.63, 3.8) is 0 Å². The van der Waals surface area contributed by atoms with Crippen LogP contribution in [-0.4, -0.2) is 46.4 Å². The molecule has 0 radical (unpaired) electrons. The standard InChI is InChI=1S/C13H16F3N3O2/c14-13(15,16)11(20)9-4-7-19(8-5-9)12(21)18-10-3-1-2-6-17-10/h1-3,6,9,11,20H,4-5,7-8H2,(H,17,18,21)/t11-/m1/s1.